The van der Waals surface area contributed by atoms with Crippen molar-refractivity contribution in [2.24, 2.45) is 0 Å². The van der Waals surface area contributed by atoms with Gasteiger partial charge in [0.15, 0.2) is 0 Å². The van der Waals surface area contributed by atoms with Crippen LogP contribution >= 0.6 is 63.7 Å². The van der Waals surface area contributed by atoms with E-state index in [0.29, 0.717) is 29.4 Å². The van der Waals surface area contributed by atoms with Gasteiger partial charge in [0.1, 0.15) is 22.7 Å². The Kier molecular flexibility index (Phi) is 7.64. The molecule has 4 nitrogen and oxygen atoms in total. The highest BCUT2D eigenvalue weighted by atomic mass is 79.9. The van der Waals surface area contributed by atoms with E-state index >= 15 is 0 Å². The summed E-state index contributed by atoms with van der Waals surface area (Å²) < 4.78 is 40.6. The monoisotopic (exact) mass is 674 g/mol. The molecule has 0 N–H and O–H groups in total. The van der Waals surface area contributed by atoms with Crippen molar-refractivity contribution in [1.29, 1.82) is 0 Å². The van der Waals surface area contributed by atoms with E-state index in [4.69, 9.17) is 9.47 Å². The summed E-state index contributed by atoms with van der Waals surface area (Å²) in [7, 11) is -3.78. The first-order chi connectivity index (χ1) is 13.0. The fourth-order valence-electron chi connectivity index (χ4n) is 2.33. The standard InChI is InChI=1S/C20H22Br4O4S/c1-19(2,3)27-17-13(21)7-11(8-14(17)22)29(25,26)12-9-15(23)18(16(24)10-12)28-20(4,5)6/h7-10H,1-6H3. The highest BCUT2D eigenvalue weighted by Gasteiger charge is 2.26. The normalized spacial score (nSPS) is 12.8. The lowest BCUT2D eigenvalue weighted by Gasteiger charge is -2.24. The number of rotatable bonds is 4. The van der Waals surface area contributed by atoms with Crippen molar-refractivity contribution in [3.8, 4) is 11.5 Å². The van der Waals surface area contributed by atoms with Crippen molar-refractivity contribution in [3.63, 3.8) is 0 Å². The average molecular weight is 678 g/mol. The molecule has 0 atom stereocenters. The van der Waals surface area contributed by atoms with Crippen molar-refractivity contribution in [1.82, 2.24) is 0 Å². The van der Waals surface area contributed by atoms with Crippen LogP contribution in [-0.4, -0.2) is 19.6 Å². The van der Waals surface area contributed by atoms with Crippen LogP contribution in [-0.2, 0) is 9.84 Å². The second-order valence-electron chi connectivity index (χ2n) is 8.36. The molecule has 0 aliphatic carbocycles. The number of hydrogen-bond acceptors (Lipinski definition) is 4. The predicted octanol–water partition coefficient (Wildman–Crippen LogP) is 7.92. The molecule has 2 aromatic rings. The third kappa shape index (κ3) is 6.45. The van der Waals surface area contributed by atoms with Crippen LogP contribution in [0, 0.1) is 0 Å². The summed E-state index contributed by atoms with van der Waals surface area (Å²) in [6.45, 7) is 11.5. The van der Waals surface area contributed by atoms with E-state index in [1.54, 1.807) is 24.3 Å². The molecule has 0 bridgehead atoms. The second kappa shape index (κ2) is 8.81. The molecular weight excluding hydrogens is 656 g/mol. The van der Waals surface area contributed by atoms with Gasteiger partial charge < -0.3 is 9.47 Å². The number of benzene rings is 2. The lowest BCUT2D eigenvalue weighted by Crippen LogP contribution is -2.23. The summed E-state index contributed by atoms with van der Waals surface area (Å²) >= 11 is 13.7. The van der Waals surface area contributed by atoms with Crippen LogP contribution in [0.15, 0.2) is 51.9 Å². The number of ether oxygens (including phenoxy) is 2. The summed E-state index contributed by atoms with van der Waals surface area (Å²) in [5, 5.41) is 0. The van der Waals surface area contributed by atoms with Gasteiger partial charge in [-0.2, -0.15) is 0 Å². The highest BCUT2D eigenvalue weighted by Crippen LogP contribution is 2.42. The molecule has 0 spiro atoms. The molecule has 0 aliphatic rings. The molecular formula is C20H22Br4O4S. The molecule has 0 saturated carbocycles. The summed E-state index contributed by atoms with van der Waals surface area (Å²) in [6, 6.07) is 6.18. The summed E-state index contributed by atoms with van der Waals surface area (Å²) in [4.78, 5) is 0.279. The zero-order valence-corrected chi connectivity index (χ0v) is 24.0. The molecule has 9 heteroatoms. The Morgan fingerprint density at radius 3 is 1.07 bits per heavy atom. The van der Waals surface area contributed by atoms with Crippen LogP contribution < -0.4 is 9.47 Å². The lowest BCUT2D eigenvalue weighted by atomic mass is 10.2. The molecule has 2 aromatic carbocycles. The first-order valence-electron chi connectivity index (χ1n) is 8.62. The Hall–Kier alpha value is -0.0900. The number of halogens is 4. The smallest absolute Gasteiger partial charge is 0.206 e. The third-order valence-electron chi connectivity index (χ3n) is 3.38. The fourth-order valence-corrected chi connectivity index (χ4v) is 6.99. The van der Waals surface area contributed by atoms with Gasteiger partial charge in [0.2, 0.25) is 9.84 Å². The topological polar surface area (TPSA) is 52.6 Å². The van der Waals surface area contributed by atoms with Gasteiger partial charge in [0.25, 0.3) is 0 Å². The van der Waals surface area contributed by atoms with E-state index in [2.05, 4.69) is 63.7 Å². The molecule has 160 valence electrons. The van der Waals surface area contributed by atoms with Gasteiger partial charge in [0, 0.05) is 0 Å². The van der Waals surface area contributed by atoms with Crippen LogP contribution in [0.3, 0.4) is 0 Å². The van der Waals surface area contributed by atoms with E-state index in [-0.39, 0.29) is 9.79 Å². The Bertz CT molecular complexity index is 912. The fraction of sp³-hybridized carbons (Fsp3) is 0.400. The largest absolute Gasteiger partial charge is 0.486 e. The van der Waals surface area contributed by atoms with Crippen molar-refractivity contribution >= 4 is 73.6 Å². The second-order valence-corrected chi connectivity index (χ2v) is 13.7. The minimum atomic E-state index is -3.78. The van der Waals surface area contributed by atoms with E-state index in [1.807, 2.05) is 41.5 Å². The van der Waals surface area contributed by atoms with Gasteiger partial charge >= 0.3 is 0 Å². The van der Waals surface area contributed by atoms with Crippen LogP contribution in [0.25, 0.3) is 0 Å². The van der Waals surface area contributed by atoms with Gasteiger partial charge in [-0.1, -0.05) is 0 Å². The van der Waals surface area contributed by atoms with Gasteiger partial charge in [0.05, 0.1) is 27.7 Å². The van der Waals surface area contributed by atoms with E-state index in [9.17, 15) is 8.42 Å². The van der Waals surface area contributed by atoms with Crippen molar-refractivity contribution in [2.45, 2.75) is 62.5 Å². The third-order valence-corrected chi connectivity index (χ3v) is 7.45. The summed E-state index contributed by atoms with van der Waals surface area (Å²) in [5.74, 6) is 1.10. The molecule has 29 heavy (non-hydrogen) atoms. The SMILES string of the molecule is CC(C)(C)Oc1c(Br)cc(S(=O)(=O)c2cc(Br)c(OC(C)(C)C)c(Br)c2)cc1Br. The first-order valence-corrected chi connectivity index (χ1v) is 13.3. The molecule has 0 aliphatic heterocycles. The minimum Gasteiger partial charge on any atom is -0.486 e. The number of hydrogen-bond donors (Lipinski definition) is 0. The predicted molar refractivity (Wildman–Crippen MR) is 130 cm³/mol. The van der Waals surface area contributed by atoms with Gasteiger partial charge in [-0.3, -0.25) is 0 Å². The maximum absolute atomic E-state index is 13.3. The molecule has 0 unspecified atom stereocenters. The molecule has 0 fully saturated rings. The molecule has 0 aromatic heterocycles. The van der Waals surface area contributed by atoms with Crippen LogP contribution in [0.1, 0.15) is 41.5 Å². The van der Waals surface area contributed by atoms with E-state index in [0.717, 1.165) is 0 Å². The number of sulfone groups is 1. The summed E-state index contributed by atoms with van der Waals surface area (Å²) in [6.07, 6.45) is 0. The van der Waals surface area contributed by atoms with Gasteiger partial charge in [-0.05, 0) is 130 Å². The highest BCUT2D eigenvalue weighted by molar-refractivity contribution is 9.11. The summed E-state index contributed by atoms with van der Waals surface area (Å²) in [5.41, 5.74) is -0.853. The maximum atomic E-state index is 13.3. The maximum Gasteiger partial charge on any atom is 0.206 e. The van der Waals surface area contributed by atoms with Crippen LogP contribution in [0.4, 0.5) is 0 Å². The van der Waals surface area contributed by atoms with E-state index in [1.165, 1.54) is 0 Å². The zero-order valence-electron chi connectivity index (χ0n) is 16.9. The Morgan fingerprint density at radius 2 is 0.862 bits per heavy atom. The molecule has 0 amide bonds. The Labute approximate surface area is 206 Å². The molecule has 0 radical (unpaired) electrons. The first kappa shape index (κ1) is 25.2. The molecule has 2 rings (SSSR count). The van der Waals surface area contributed by atoms with E-state index < -0.39 is 21.0 Å². The molecule has 0 saturated heterocycles. The Morgan fingerprint density at radius 1 is 0.621 bits per heavy atom. The van der Waals surface area contributed by atoms with Crippen molar-refractivity contribution < 1.29 is 17.9 Å². The van der Waals surface area contributed by atoms with Crippen LogP contribution in [0.5, 0.6) is 11.5 Å². The van der Waals surface area contributed by atoms with Crippen molar-refractivity contribution in [2.75, 3.05) is 0 Å². The minimum absolute atomic E-state index is 0.140. The van der Waals surface area contributed by atoms with Gasteiger partial charge in [-0.25, -0.2) is 8.42 Å². The van der Waals surface area contributed by atoms with Crippen molar-refractivity contribution in [3.05, 3.63) is 42.2 Å². The zero-order chi connectivity index (χ0) is 22.4. The Balaban J connectivity index is 2.54. The molecule has 0 heterocycles. The quantitative estimate of drug-likeness (QED) is 0.330. The van der Waals surface area contributed by atoms with Gasteiger partial charge in [-0.15, -0.1) is 0 Å². The lowest BCUT2D eigenvalue weighted by molar-refractivity contribution is 0.128. The van der Waals surface area contributed by atoms with Crippen LogP contribution in [0.2, 0.25) is 0 Å². The average Bonchev–Trinajstić information content (AvgIpc) is 2.52.